The van der Waals surface area contributed by atoms with Crippen LogP contribution in [0.3, 0.4) is 0 Å². The summed E-state index contributed by atoms with van der Waals surface area (Å²) < 4.78 is 13.8. The summed E-state index contributed by atoms with van der Waals surface area (Å²) in [4.78, 5) is 4.77. The molecule has 0 aliphatic carbocycles. The summed E-state index contributed by atoms with van der Waals surface area (Å²) >= 11 is 0. The normalized spacial score (nSPS) is 21.1. The molecule has 0 bridgehead atoms. The maximum absolute atomic E-state index is 13.8. The van der Waals surface area contributed by atoms with Crippen molar-refractivity contribution in [1.29, 1.82) is 0 Å². The molecule has 4 heteroatoms. The molecule has 3 nitrogen and oxygen atoms in total. The first kappa shape index (κ1) is 16.4. The minimum atomic E-state index is -0.124. The van der Waals surface area contributed by atoms with E-state index >= 15 is 0 Å². The predicted octanol–water partition coefficient (Wildman–Crippen LogP) is 2.35. The van der Waals surface area contributed by atoms with E-state index in [1.807, 2.05) is 12.1 Å². The molecule has 1 heterocycles. The van der Waals surface area contributed by atoms with Gasteiger partial charge in [0.25, 0.3) is 0 Å². The van der Waals surface area contributed by atoms with Crippen LogP contribution >= 0.6 is 0 Å². The van der Waals surface area contributed by atoms with Crippen molar-refractivity contribution >= 4 is 0 Å². The van der Waals surface area contributed by atoms with Crippen molar-refractivity contribution in [3.05, 3.63) is 35.6 Å². The smallest absolute Gasteiger partial charge is 0.127 e. The van der Waals surface area contributed by atoms with Gasteiger partial charge in [-0.15, -0.1) is 0 Å². The first-order valence-electron chi connectivity index (χ1n) is 7.90. The molecular weight excluding hydrogens is 267 g/mol. The topological polar surface area (TPSA) is 26.7 Å². The fraction of sp³-hybridized carbons (Fsp3) is 0.647. The molecule has 1 saturated heterocycles. The van der Waals surface area contributed by atoms with E-state index in [1.165, 1.54) is 6.07 Å². The maximum atomic E-state index is 13.8. The second-order valence-electron chi connectivity index (χ2n) is 6.38. The Balaban J connectivity index is 1.96. The summed E-state index contributed by atoms with van der Waals surface area (Å²) in [5.41, 5.74) is 0.762. The lowest BCUT2D eigenvalue weighted by atomic mass is 10.1. The third-order valence-corrected chi connectivity index (χ3v) is 4.10. The van der Waals surface area contributed by atoms with Crippen LogP contribution in [0.25, 0.3) is 0 Å². The Hall–Kier alpha value is -0.970. The van der Waals surface area contributed by atoms with E-state index in [0.29, 0.717) is 18.5 Å². The zero-order valence-electron chi connectivity index (χ0n) is 13.1. The first-order chi connectivity index (χ1) is 10.1. The maximum Gasteiger partial charge on any atom is 0.127 e. The van der Waals surface area contributed by atoms with Crippen LogP contribution in [0.1, 0.15) is 25.8 Å². The number of halogens is 1. The molecule has 0 saturated carbocycles. The SMILES string of the molecule is CC(C)CN1CCN(Cc2ccccc2F)CC1CCO. The van der Waals surface area contributed by atoms with Crippen molar-refractivity contribution < 1.29 is 9.50 Å². The van der Waals surface area contributed by atoms with Gasteiger partial charge in [-0.25, -0.2) is 4.39 Å². The number of benzene rings is 1. The number of aliphatic hydroxyl groups excluding tert-OH is 1. The molecule has 1 atom stereocenters. The van der Waals surface area contributed by atoms with Gasteiger partial charge in [0.1, 0.15) is 5.82 Å². The molecule has 0 radical (unpaired) electrons. The van der Waals surface area contributed by atoms with Crippen LogP contribution in [-0.4, -0.2) is 53.7 Å². The third-order valence-electron chi connectivity index (χ3n) is 4.10. The highest BCUT2D eigenvalue weighted by atomic mass is 19.1. The molecule has 1 aromatic carbocycles. The Morgan fingerprint density at radius 3 is 2.71 bits per heavy atom. The van der Waals surface area contributed by atoms with Gasteiger partial charge >= 0.3 is 0 Å². The van der Waals surface area contributed by atoms with E-state index < -0.39 is 0 Å². The number of aliphatic hydroxyl groups is 1. The molecule has 1 unspecified atom stereocenters. The van der Waals surface area contributed by atoms with E-state index in [4.69, 9.17) is 0 Å². The van der Waals surface area contributed by atoms with Gasteiger partial charge in [0, 0.05) is 50.9 Å². The fourth-order valence-corrected chi connectivity index (χ4v) is 3.10. The summed E-state index contributed by atoms with van der Waals surface area (Å²) in [5.74, 6) is 0.505. The van der Waals surface area contributed by atoms with Crippen LogP contribution in [0.5, 0.6) is 0 Å². The summed E-state index contributed by atoms with van der Waals surface area (Å²) in [5, 5.41) is 9.29. The van der Waals surface area contributed by atoms with Gasteiger partial charge in [0.05, 0.1) is 0 Å². The molecule has 1 aliphatic rings. The van der Waals surface area contributed by atoms with Crippen molar-refractivity contribution in [3.8, 4) is 0 Å². The fourth-order valence-electron chi connectivity index (χ4n) is 3.10. The Kier molecular flexibility index (Phi) is 6.15. The molecule has 1 fully saturated rings. The Bertz CT molecular complexity index is 439. The Morgan fingerprint density at radius 1 is 1.29 bits per heavy atom. The molecule has 2 rings (SSSR count). The van der Waals surface area contributed by atoms with Crippen molar-refractivity contribution in [1.82, 2.24) is 9.80 Å². The first-order valence-corrected chi connectivity index (χ1v) is 7.90. The van der Waals surface area contributed by atoms with Gasteiger partial charge in [-0.1, -0.05) is 32.0 Å². The van der Waals surface area contributed by atoms with Crippen LogP contribution in [0.15, 0.2) is 24.3 Å². The summed E-state index contributed by atoms with van der Waals surface area (Å²) in [7, 11) is 0. The lowest BCUT2D eigenvalue weighted by molar-refractivity contribution is 0.0472. The highest BCUT2D eigenvalue weighted by Crippen LogP contribution is 2.18. The number of piperazine rings is 1. The van der Waals surface area contributed by atoms with Crippen LogP contribution in [0.2, 0.25) is 0 Å². The van der Waals surface area contributed by atoms with Crippen molar-refractivity contribution in [2.24, 2.45) is 5.92 Å². The highest BCUT2D eigenvalue weighted by molar-refractivity contribution is 5.17. The van der Waals surface area contributed by atoms with Crippen molar-refractivity contribution in [3.63, 3.8) is 0 Å². The molecule has 0 amide bonds. The van der Waals surface area contributed by atoms with Crippen molar-refractivity contribution in [2.45, 2.75) is 32.9 Å². The molecule has 1 aromatic rings. The number of rotatable bonds is 6. The van der Waals surface area contributed by atoms with E-state index in [9.17, 15) is 9.50 Å². The summed E-state index contributed by atoms with van der Waals surface area (Å²) in [6.45, 7) is 9.25. The number of hydrogen-bond acceptors (Lipinski definition) is 3. The zero-order valence-corrected chi connectivity index (χ0v) is 13.1. The molecule has 21 heavy (non-hydrogen) atoms. The molecule has 0 aromatic heterocycles. The monoisotopic (exact) mass is 294 g/mol. The largest absolute Gasteiger partial charge is 0.396 e. The quantitative estimate of drug-likeness (QED) is 0.872. The van der Waals surface area contributed by atoms with Gasteiger partial charge in [-0.2, -0.15) is 0 Å². The van der Waals surface area contributed by atoms with Gasteiger partial charge in [0.2, 0.25) is 0 Å². The van der Waals surface area contributed by atoms with Crippen LogP contribution < -0.4 is 0 Å². The second-order valence-corrected chi connectivity index (χ2v) is 6.38. The second kappa shape index (κ2) is 7.87. The number of hydrogen-bond donors (Lipinski definition) is 1. The molecule has 1 aliphatic heterocycles. The average Bonchev–Trinajstić information content (AvgIpc) is 2.44. The van der Waals surface area contributed by atoms with Gasteiger partial charge in [-0.05, 0) is 18.4 Å². The Labute approximate surface area is 127 Å². The third kappa shape index (κ3) is 4.77. The lowest BCUT2D eigenvalue weighted by Crippen LogP contribution is -2.53. The predicted molar refractivity (Wildman–Crippen MR) is 83.6 cm³/mol. The van der Waals surface area contributed by atoms with Gasteiger partial charge in [0.15, 0.2) is 0 Å². The number of nitrogens with zero attached hydrogens (tertiary/aromatic N) is 2. The van der Waals surface area contributed by atoms with E-state index in [0.717, 1.165) is 38.2 Å². The van der Waals surface area contributed by atoms with Crippen LogP contribution in [0.4, 0.5) is 4.39 Å². The van der Waals surface area contributed by atoms with Crippen LogP contribution in [0, 0.1) is 11.7 Å². The minimum absolute atomic E-state index is 0.124. The standard InChI is InChI=1S/C17H27FN2O/c1-14(2)11-20-9-8-19(13-16(20)7-10-21)12-15-5-3-4-6-17(15)18/h3-6,14,16,21H,7-13H2,1-2H3. The van der Waals surface area contributed by atoms with Gasteiger partial charge < -0.3 is 5.11 Å². The molecule has 118 valence electrons. The highest BCUT2D eigenvalue weighted by Gasteiger charge is 2.27. The molecule has 0 spiro atoms. The van der Waals surface area contributed by atoms with Gasteiger partial charge in [-0.3, -0.25) is 9.80 Å². The van der Waals surface area contributed by atoms with Crippen LogP contribution in [-0.2, 0) is 6.54 Å². The van der Waals surface area contributed by atoms with Crippen molar-refractivity contribution in [2.75, 3.05) is 32.8 Å². The lowest BCUT2D eigenvalue weighted by Gasteiger charge is -2.42. The van der Waals surface area contributed by atoms with E-state index in [2.05, 4.69) is 23.6 Å². The Morgan fingerprint density at radius 2 is 2.05 bits per heavy atom. The molecular formula is C17H27FN2O. The summed E-state index contributed by atoms with van der Waals surface area (Å²) in [6.07, 6.45) is 0.792. The molecule has 1 N–H and O–H groups in total. The van der Waals surface area contributed by atoms with E-state index in [-0.39, 0.29) is 12.4 Å². The zero-order chi connectivity index (χ0) is 15.2. The summed E-state index contributed by atoms with van der Waals surface area (Å²) in [6, 6.07) is 7.37. The average molecular weight is 294 g/mol. The van der Waals surface area contributed by atoms with E-state index in [1.54, 1.807) is 6.07 Å². The minimum Gasteiger partial charge on any atom is -0.396 e.